The second-order valence-corrected chi connectivity index (χ2v) is 10.9. The summed E-state index contributed by atoms with van der Waals surface area (Å²) in [6.45, 7) is 0. The Labute approximate surface area is 243 Å². The van der Waals surface area contributed by atoms with Crippen molar-refractivity contribution in [2.24, 2.45) is 0 Å². The highest BCUT2D eigenvalue weighted by molar-refractivity contribution is 6.11. The van der Waals surface area contributed by atoms with Gasteiger partial charge in [0, 0.05) is 27.4 Å². The first-order valence-electron chi connectivity index (χ1n) is 14.4. The van der Waals surface area contributed by atoms with Crippen LogP contribution in [0.3, 0.4) is 0 Å². The number of hydrogen-bond acceptors (Lipinski definition) is 1. The predicted molar refractivity (Wildman–Crippen MR) is 175 cm³/mol. The molecule has 0 atom stereocenters. The fourth-order valence-corrected chi connectivity index (χ4v) is 6.71. The molecule has 1 aliphatic rings. The maximum atomic E-state index is 6.34. The van der Waals surface area contributed by atoms with Crippen molar-refractivity contribution in [2.45, 2.75) is 0 Å². The van der Waals surface area contributed by atoms with Crippen molar-refractivity contribution in [3.05, 3.63) is 152 Å². The lowest BCUT2D eigenvalue weighted by Crippen LogP contribution is -1.97. The minimum Gasteiger partial charge on any atom is -0.456 e. The second kappa shape index (κ2) is 8.95. The van der Waals surface area contributed by atoms with Crippen molar-refractivity contribution >= 4 is 32.6 Å². The zero-order valence-electron chi connectivity index (χ0n) is 22.8. The summed E-state index contributed by atoms with van der Waals surface area (Å²) in [6, 6.07) is 54.3. The van der Waals surface area contributed by atoms with Gasteiger partial charge in [-0.1, -0.05) is 103 Å². The standard InChI is InChI=1S/C40H25NO/c1-2-12-29(13-3-1)41-36-18-6-4-14-31(36)35-25-27(20-22-37(35)41)26-10-8-11-28(24-26)30-21-23-39-40-33(30)16-9-17-34(40)32-15-5-7-19-38(32)42-39/h1-25H. The van der Waals surface area contributed by atoms with E-state index in [2.05, 4.69) is 144 Å². The van der Waals surface area contributed by atoms with Gasteiger partial charge >= 0.3 is 0 Å². The molecule has 0 N–H and O–H groups in total. The van der Waals surface area contributed by atoms with Crippen LogP contribution in [-0.4, -0.2) is 4.57 Å². The van der Waals surface area contributed by atoms with Gasteiger partial charge in [0.2, 0.25) is 0 Å². The molecule has 2 heterocycles. The smallest absolute Gasteiger partial charge is 0.135 e. The van der Waals surface area contributed by atoms with Crippen LogP contribution in [0.2, 0.25) is 0 Å². The molecule has 0 saturated heterocycles. The number of nitrogens with zero attached hydrogens (tertiary/aromatic N) is 1. The van der Waals surface area contributed by atoms with E-state index in [1.54, 1.807) is 0 Å². The molecule has 2 nitrogen and oxygen atoms in total. The van der Waals surface area contributed by atoms with Crippen LogP contribution in [0.4, 0.5) is 0 Å². The Morgan fingerprint density at radius 2 is 1.10 bits per heavy atom. The molecule has 2 heteroatoms. The summed E-state index contributed by atoms with van der Waals surface area (Å²) in [4.78, 5) is 0. The largest absolute Gasteiger partial charge is 0.456 e. The number of ether oxygens (including phenoxy) is 1. The Hall–Kier alpha value is -5.60. The third-order valence-electron chi connectivity index (χ3n) is 8.59. The van der Waals surface area contributed by atoms with Gasteiger partial charge in [0.05, 0.1) is 11.0 Å². The van der Waals surface area contributed by atoms with Crippen LogP contribution in [0.25, 0.3) is 71.6 Å². The van der Waals surface area contributed by atoms with E-state index in [4.69, 9.17) is 4.74 Å². The van der Waals surface area contributed by atoms with E-state index in [1.165, 1.54) is 66.1 Å². The molecule has 0 saturated carbocycles. The van der Waals surface area contributed by atoms with E-state index in [1.807, 2.05) is 12.1 Å². The molecule has 42 heavy (non-hydrogen) atoms. The van der Waals surface area contributed by atoms with Crippen LogP contribution in [0, 0.1) is 0 Å². The highest BCUT2D eigenvalue weighted by Gasteiger charge is 2.21. The normalized spacial score (nSPS) is 12.0. The van der Waals surface area contributed by atoms with Crippen LogP contribution in [0.15, 0.2) is 152 Å². The van der Waals surface area contributed by atoms with Crippen molar-refractivity contribution in [3.8, 4) is 50.6 Å². The van der Waals surface area contributed by atoms with Crippen molar-refractivity contribution in [1.82, 2.24) is 4.57 Å². The molecule has 0 unspecified atom stereocenters. The van der Waals surface area contributed by atoms with Crippen LogP contribution in [0.1, 0.15) is 0 Å². The number of para-hydroxylation sites is 3. The van der Waals surface area contributed by atoms with E-state index < -0.39 is 0 Å². The Morgan fingerprint density at radius 1 is 0.381 bits per heavy atom. The van der Waals surface area contributed by atoms with Gasteiger partial charge in [-0.15, -0.1) is 0 Å². The fourth-order valence-electron chi connectivity index (χ4n) is 6.71. The zero-order valence-corrected chi connectivity index (χ0v) is 22.8. The van der Waals surface area contributed by atoms with Crippen molar-refractivity contribution in [3.63, 3.8) is 0 Å². The third kappa shape index (κ3) is 3.39. The van der Waals surface area contributed by atoms with E-state index in [0.717, 1.165) is 17.1 Å². The average molecular weight is 536 g/mol. The number of fused-ring (bicyclic) bond motifs is 5. The molecule has 0 amide bonds. The van der Waals surface area contributed by atoms with Gasteiger partial charge in [0.1, 0.15) is 11.5 Å². The van der Waals surface area contributed by atoms with Crippen molar-refractivity contribution in [2.75, 3.05) is 0 Å². The van der Waals surface area contributed by atoms with Gasteiger partial charge in [-0.25, -0.2) is 0 Å². The van der Waals surface area contributed by atoms with Crippen molar-refractivity contribution < 1.29 is 4.74 Å². The molecule has 0 fully saturated rings. The van der Waals surface area contributed by atoms with E-state index >= 15 is 0 Å². The number of aromatic nitrogens is 1. The first-order chi connectivity index (χ1) is 20.8. The molecule has 0 aliphatic carbocycles. The third-order valence-corrected chi connectivity index (χ3v) is 8.59. The van der Waals surface area contributed by atoms with Gasteiger partial charge in [0.25, 0.3) is 0 Å². The fraction of sp³-hybridized carbons (Fsp3) is 0. The summed E-state index contributed by atoms with van der Waals surface area (Å²) in [6.07, 6.45) is 0. The summed E-state index contributed by atoms with van der Waals surface area (Å²) in [7, 11) is 0. The first-order valence-corrected chi connectivity index (χ1v) is 14.4. The van der Waals surface area contributed by atoms with Gasteiger partial charge < -0.3 is 9.30 Å². The summed E-state index contributed by atoms with van der Waals surface area (Å²) in [5.41, 5.74) is 10.8. The van der Waals surface area contributed by atoms with E-state index in [0.29, 0.717) is 0 Å². The van der Waals surface area contributed by atoms with Crippen LogP contribution in [0.5, 0.6) is 11.5 Å². The highest BCUT2D eigenvalue weighted by Crippen LogP contribution is 2.48. The molecule has 1 aromatic heterocycles. The lowest BCUT2D eigenvalue weighted by atomic mass is 9.90. The predicted octanol–water partition coefficient (Wildman–Crippen LogP) is 11.0. The molecule has 9 rings (SSSR count). The average Bonchev–Trinajstić information content (AvgIpc) is 3.39. The molecule has 0 radical (unpaired) electrons. The lowest BCUT2D eigenvalue weighted by molar-refractivity contribution is 0.487. The van der Waals surface area contributed by atoms with E-state index in [-0.39, 0.29) is 0 Å². The summed E-state index contributed by atoms with van der Waals surface area (Å²) in [5, 5.41) is 4.90. The number of hydrogen-bond donors (Lipinski definition) is 0. The molecule has 8 aromatic rings. The van der Waals surface area contributed by atoms with Crippen LogP contribution < -0.4 is 4.74 Å². The molecular formula is C40H25NO. The second-order valence-electron chi connectivity index (χ2n) is 10.9. The Morgan fingerprint density at radius 3 is 2.05 bits per heavy atom. The number of rotatable bonds is 3. The quantitative estimate of drug-likeness (QED) is 0.219. The van der Waals surface area contributed by atoms with Crippen molar-refractivity contribution in [1.29, 1.82) is 0 Å². The summed E-state index contributed by atoms with van der Waals surface area (Å²) in [5.74, 6) is 1.83. The minimum atomic E-state index is 0.913. The Kier molecular flexibility index (Phi) is 4.93. The Bertz CT molecular complexity index is 2330. The zero-order chi connectivity index (χ0) is 27.6. The van der Waals surface area contributed by atoms with Gasteiger partial charge in [-0.05, 0) is 81.7 Å². The molecule has 196 valence electrons. The maximum Gasteiger partial charge on any atom is 0.135 e. The van der Waals surface area contributed by atoms with Crippen LogP contribution in [-0.2, 0) is 0 Å². The number of benzene rings is 7. The van der Waals surface area contributed by atoms with Crippen LogP contribution >= 0.6 is 0 Å². The van der Waals surface area contributed by atoms with Gasteiger partial charge in [-0.3, -0.25) is 0 Å². The molecule has 1 aliphatic heterocycles. The monoisotopic (exact) mass is 535 g/mol. The molecular weight excluding hydrogens is 510 g/mol. The minimum absolute atomic E-state index is 0.913. The Balaban J connectivity index is 1.20. The molecule has 7 aromatic carbocycles. The van der Waals surface area contributed by atoms with Gasteiger partial charge in [-0.2, -0.15) is 0 Å². The topological polar surface area (TPSA) is 14.2 Å². The SMILES string of the molecule is c1ccc(-n2c3ccccc3c3cc(-c4cccc(-c5ccc6c7c(cccc57)-c5ccccc5O6)c4)ccc32)cc1. The van der Waals surface area contributed by atoms with E-state index in [9.17, 15) is 0 Å². The maximum absolute atomic E-state index is 6.34. The first kappa shape index (κ1) is 23.1. The summed E-state index contributed by atoms with van der Waals surface area (Å²) < 4.78 is 8.70. The molecule has 0 bridgehead atoms. The summed E-state index contributed by atoms with van der Waals surface area (Å²) >= 11 is 0. The van der Waals surface area contributed by atoms with Gasteiger partial charge in [0.15, 0.2) is 0 Å². The molecule has 0 spiro atoms. The lowest BCUT2D eigenvalue weighted by Gasteiger charge is -2.22. The highest BCUT2D eigenvalue weighted by atomic mass is 16.5.